The Labute approximate surface area is 108 Å². The lowest BCUT2D eigenvalue weighted by Gasteiger charge is -2.38. The summed E-state index contributed by atoms with van der Waals surface area (Å²) in [6.07, 6.45) is 2.93. The molecule has 1 aliphatic rings. The van der Waals surface area contributed by atoms with Crippen molar-refractivity contribution in [3.8, 4) is 11.5 Å². The van der Waals surface area contributed by atoms with E-state index >= 15 is 0 Å². The van der Waals surface area contributed by atoms with Crippen LogP contribution in [0.25, 0.3) is 0 Å². The summed E-state index contributed by atoms with van der Waals surface area (Å²) < 4.78 is 0. The number of hydrogen-bond acceptors (Lipinski definition) is 4. The SMILES string of the molecule is CNN(C(C)C)C1CCCc2c1ccc(O)c2O. The lowest BCUT2D eigenvalue weighted by molar-refractivity contribution is 0.0855. The van der Waals surface area contributed by atoms with Crippen LogP contribution in [0.2, 0.25) is 0 Å². The third-order valence-electron chi connectivity index (χ3n) is 3.71. The number of nitrogens with one attached hydrogen (secondary N) is 1. The normalized spacial score (nSPS) is 19.3. The minimum Gasteiger partial charge on any atom is -0.504 e. The predicted molar refractivity (Wildman–Crippen MR) is 71.5 cm³/mol. The van der Waals surface area contributed by atoms with E-state index in [9.17, 15) is 10.2 Å². The van der Waals surface area contributed by atoms with Crippen molar-refractivity contribution in [3.63, 3.8) is 0 Å². The molecule has 1 aromatic rings. The number of benzene rings is 1. The van der Waals surface area contributed by atoms with Crippen LogP contribution in [-0.2, 0) is 6.42 Å². The minimum atomic E-state index is -0.0186. The number of hydrogen-bond donors (Lipinski definition) is 3. The Morgan fingerprint density at radius 2 is 2.06 bits per heavy atom. The second-order valence-electron chi connectivity index (χ2n) is 5.13. The quantitative estimate of drug-likeness (QED) is 0.569. The van der Waals surface area contributed by atoms with Crippen molar-refractivity contribution in [1.29, 1.82) is 0 Å². The Bertz CT molecular complexity index is 432. The fraction of sp³-hybridized carbons (Fsp3) is 0.571. The van der Waals surface area contributed by atoms with Crippen LogP contribution in [0.4, 0.5) is 0 Å². The van der Waals surface area contributed by atoms with E-state index in [1.165, 1.54) is 0 Å². The molecular weight excluding hydrogens is 228 g/mol. The monoisotopic (exact) mass is 250 g/mol. The molecule has 4 nitrogen and oxygen atoms in total. The summed E-state index contributed by atoms with van der Waals surface area (Å²) in [5, 5.41) is 21.8. The third kappa shape index (κ3) is 2.18. The van der Waals surface area contributed by atoms with Crippen molar-refractivity contribution in [3.05, 3.63) is 23.3 Å². The molecule has 0 amide bonds. The molecule has 0 heterocycles. The highest BCUT2D eigenvalue weighted by atomic mass is 16.3. The van der Waals surface area contributed by atoms with Crippen LogP contribution in [0, 0.1) is 0 Å². The molecule has 0 bridgehead atoms. The molecule has 0 aromatic heterocycles. The van der Waals surface area contributed by atoms with E-state index in [1.807, 2.05) is 13.1 Å². The number of hydrazine groups is 1. The van der Waals surface area contributed by atoms with Gasteiger partial charge in [0.2, 0.25) is 0 Å². The fourth-order valence-corrected chi connectivity index (χ4v) is 2.91. The van der Waals surface area contributed by atoms with Gasteiger partial charge in [-0.25, -0.2) is 5.01 Å². The Morgan fingerprint density at radius 3 is 2.67 bits per heavy atom. The Morgan fingerprint density at radius 1 is 1.33 bits per heavy atom. The van der Waals surface area contributed by atoms with Gasteiger partial charge in [0.25, 0.3) is 0 Å². The molecule has 100 valence electrons. The maximum atomic E-state index is 9.97. The van der Waals surface area contributed by atoms with Gasteiger partial charge in [0, 0.05) is 17.6 Å². The van der Waals surface area contributed by atoms with Gasteiger partial charge in [0.15, 0.2) is 11.5 Å². The van der Waals surface area contributed by atoms with Crippen LogP contribution in [-0.4, -0.2) is 28.3 Å². The maximum Gasteiger partial charge on any atom is 0.161 e. The number of phenolic OH excluding ortho intramolecular Hbond substituents is 2. The summed E-state index contributed by atoms with van der Waals surface area (Å²) in [5.41, 5.74) is 5.26. The van der Waals surface area contributed by atoms with E-state index in [4.69, 9.17) is 0 Å². The number of phenols is 2. The second-order valence-corrected chi connectivity index (χ2v) is 5.13. The standard InChI is InChI=1S/C14H22N2O2/c1-9(2)16(15-3)12-6-4-5-11-10(12)7-8-13(17)14(11)18/h7-9,12,15,17-18H,4-6H2,1-3H3. The molecule has 1 unspecified atom stereocenters. The number of nitrogens with zero attached hydrogens (tertiary/aromatic N) is 1. The number of rotatable bonds is 3. The van der Waals surface area contributed by atoms with Gasteiger partial charge in [-0.05, 0) is 51.8 Å². The van der Waals surface area contributed by atoms with Crippen LogP contribution >= 0.6 is 0 Å². The molecule has 2 rings (SSSR count). The molecule has 0 aliphatic heterocycles. The largest absolute Gasteiger partial charge is 0.504 e. The summed E-state index contributed by atoms with van der Waals surface area (Å²) in [6.45, 7) is 4.29. The first kappa shape index (κ1) is 13.2. The van der Waals surface area contributed by atoms with Crippen molar-refractivity contribution in [2.75, 3.05) is 7.05 Å². The molecule has 0 fully saturated rings. The van der Waals surface area contributed by atoms with Crippen LogP contribution in [0.15, 0.2) is 12.1 Å². The van der Waals surface area contributed by atoms with E-state index < -0.39 is 0 Å². The van der Waals surface area contributed by atoms with Crippen molar-refractivity contribution in [1.82, 2.24) is 10.4 Å². The van der Waals surface area contributed by atoms with Gasteiger partial charge in [0.1, 0.15) is 0 Å². The molecular formula is C14H22N2O2. The van der Waals surface area contributed by atoms with E-state index in [2.05, 4.69) is 24.3 Å². The van der Waals surface area contributed by atoms with Gasteiger partial charge < -0.3 is 10.2 Å². The maximum absolute atomic E-state index is 9.97. The molecule has 1 aliphatic carbocycles. The summed E-state index contributed by atoms with van der Waals surface area (Å²) in [4.78, 5) is 0. The highest BCUT2D eigenvalue weighted by molar-refractivity contribution is 5.51. The molecule has 1 aromatic carbocycles. The van der Waals surface area contributed by atoms with Gasteiger partial charge in [-0.3, -0.25) is 5.43 Å². The van der Waals surface area contributed by atoms with Gasteiger partial charge in [0.05, 0.1) is 0 Å². The first-order chi connectivity index (χ1) is 8.56. The molecule has 0 saturated carbocycles. The van der Waals surface area contributed by atoms with E-state index in [0.29, 0.717) is 6.04 Å². The molecule has 3 N–H and O–H groups in total. The Balaban J connectivity index is 2.42. The van der Waals surface area contributed by atoms with E-state index in [0.717, 1.165) is 30.4 Å². The smallest absolute Gasteiger partial charge is 0.161 e. The zero-order chi connectivity index (χ0) is 13.3. The first-order valence-corrected chi connectivity index (χ1v) is 6.55. The Kier molecular flexibility index (Phi) is 3.78. The minimum absolute atomic E-state index is 0.0186. The molecule has 1 atom stereocenters. The molecule has 0 spiro atoms. The zero-order valence-corrected chi connectivity index (χ0v) is 11.3. The fourth-order valence-electron chi connectivity index (χ4n) is 2.91. The van der Waals surface area contributed by atoms with Crippen molar-refractivity contribution < 1.29 is 10.2 Å². The average molecular weight is 250 g/mol. The molecule has 0 radical (unpaired) electrons. The molecule has 18 heavy (non-hydrogen) atoms. The van der Waals surface area contributed by atoms with E-state index in [-0.39, 0.29) is 17.5 Å². The summed E-state index contributed by atoms with van der Waals surface area (Å²) in [6, 6.07) is 4.15. The zero-order valence-electron chi connectivity index (χ0n) is 11.3. The highest BCUT2D eigenvalue weighted by Gasteiger charge is 2.29. The van der Waals surface area contributed by atoms with Gasteiger partial charge in [-0.1, -0.05) is 6.07 Å². The first-order valence-electron chi connectivity index (χ1n) is 6.55. The summed E-state index contributed by atoms with van der Waals surface area (Å²) in [7, 11) is 1.93. The average Bonchev–Trinajstić information content (AvgIpc) is 2.35. The molecule has 0 saturated heterocycles. The summed E-state index contributed by atoms with van der Waals surface area (Å²) in [5.74, 6) is 0.0342. The van der Waals surface area contributed by atoms with Crippen LogP contribution in [0.1, 0.15) is 43.9 Å². The van der Waals surface area contributed by atoms with Crippen molar-refractivity contribution in [2.45, 2.75) is 45.2 Å². The number of aromatic hydroxyl groups is 2. The van der Waals surface area contributed by atoms with Gasteiger partial charge in [-0.2, -0.15) is 0 Å². The lowest BCUT2D eigenvalue weighted by Crippen LogP contribution is -2.44. The van der Waals surface area contributed by atoms with Gasteiger partial charge >= 0.3 is 0 Å². The predicted octanol–water partition coefficient (Wildman–Crippen LogP) is 2.32. The van der Waals surface area contributed by atoms with Crippen molar-refractivity contribution in [2.24, 2.45) is 0 Å². The second kappa shape index (κ2) is 5.16. The Hall–Kier alpha value is -1.26. The van der Waals surface area contributed by atoms with Crippen LogP contribution in [0.5, 0.6) is 11.5 Å². The summed E-state index contributed by atoms with van der Waals surface area (Å²) >= 11 is 0. The van der Waals surface area contributed by atoms with Crippen LogP contribution < -0.4 is 5.43 Å². The van der Waals surface area contributed by atoms with E-state index in [1.54, 1.807) is 6.07 Å². The number of fused-ring (bicyclic) bond motifs is 1. The highest BCUT2D eigenvalue weighted by Crippen LogP contribution is 2.41. The van der Waals surface area contributed by atoms with Crippen molar-refractivity contribution >= 4 is 0 Å². The third-order valence-corrected chi connectivity index (χ3v) is 3.71. The van der Waals surface area contributed by atoms with Crippen LogP contribution in [0.3, 0.4) is 0 Å². The topological polar surface area (TPSA) is 55.7 Å². The van der Waals surface area contributed by atoms with Gasteiger partial charge in [-0.15, -0.1) is 0 Å². The molecule has 4 heteroatoms. The lowest BCUT2D eigenvalue weighted by atomic mass is 9.86.